The van der Waals surface area contributed by atoms with Crippen LogP contribution < -0.4 is 4.72 Å². The molecule has 4 rings (SSSR count). The van der Waals surface area contributed by atoms with Gasteiger partial charge in [0.05, 0.1) is 11.9 Å². The summed E-state index contributed by atoms with van der Waals surface area (Å²) in [4.78, 5) is 18.9. The van der Waals surface area contributed by atoms with Crippen LogP contribution in [0.3, 0.4) is 0 Å². The van der Waals surface area contributed by atoms with Gasteiger partial charge in [0.2, 0.25) is 22.2 Å². The van der Waals surface area contributed by atoms with Gasteiger partial charge in [-0.25, -0.2) is 8.42 Å². The Bertz CT molecular complexity index is 1170. The Hall–Kier alpha value is -3.20. The van der Waals surface area contributed by atoms with Gasteiger partial charge in [0.25, 0.3) is 5.91 Å². The molecule has 1 amide bonds. The standard InChI is InChI=1S/C22H24N4O4S/c1-15-3-4-19(13-20(15)25-31(2,28)29)22(27)26-11-9-17(10-12-26)16-5-7-18(8-6-16)21-23-14-30-24-21/h3-8,13-14,17,25H,9-12H2,1-2H3. The summed E-state index contributed by atoms with van der Waals surface area (Å²) in [6.07, 6.45) is 4.14. The molecule has 3 aromatic rings. The molecular formula is C22H24N4O4S. The fourth-order valence-electron chi connectivity index (χ4n) is 3.87. The molecule has 1 fully saturated rings. The molecule has 2 heterocycles. The molecule has 0 aliphatic carbocycles. The Kier molecular flexibility index (Phi) is 5.77. The number of hydrogen-bond acceptors (Lipinski definition) is 6. The summed E-state index contributed by atoms with van der Waals surface area (Å²) in [5.74, 6) is 0.862. The van der Waals surface area contributed by atoms with Crippen LogP contribution in [0.2, 0.25) is 0 Å². The summed E-state index contributed by atoms with van der Waals surface area (Å²) < 4.78 is 30.4. The van der Waals surface area contributed by atoms with Crippen molar-refractivity contribution in [3.8, 4) is 11.4 Å². The highest BCUT2D eigenvalue weighted by molar-refractivity contribution is 7.92. The monoisotopic (exact) mass is 440 g/mol. The van der Waals surface area contributed by atoms with E-state index in [0.29, 0.717) is 36.1 Å². The van der Waals surface area contributed by atoms with Crippen LogP contribution in [-0.2, 0) is 10.0 Å². The third-order valence-electron chi connectivity index (χ3n) is 5.56. The molecule has 2 aromatic carbocycles. The van der Waals surface area contributed by atoms with Crippen LogP contribution in [0.5, 0.6) is 0 Å². The Balaban J connectivity index is 1.40. The molecule has 1 aliphatic heterocycles. The molecule has 0 saturated carbocycles. The fourth-order valence-corrected chi connectivity index (χ4v) is 4.48. The highest BCUT2D eigenvalue weighted by Crippen LogP contribution is 2.30. The zero-order valence-corrected chi connectivity index (χ0v) is 18.2. The maximum atomic E-state index is 13.0. The number of aryl methyl sites for hydroxylation is 1. The number of nitrogens with zero attached hydrogens (tertiary/aromatic N) is 3. The van der Waals surface area contributed by atoms with Gasteiger partial charge in [-0.05, 0) is 48.9 Å². The lowest BCUT2D eigenvalue weighted by Crippen LogP contribution is -2.38. The van der Waals surface area contributed by atoms with Crippen LogP contribution in [0.4, 0.5) is 5.69 Å². The second-order valence-corrected chi connectivity index (χ2v) is 9.60. The first-order valence-corrected chi connectivity index (χ1v) is 11.9. The molecule has 0 unspecified atom stereocenters. The molecule has 1 aromatic heterocycles. The van der Waals surface area contributed by atoms with Crippen molar-refractivity contribution < 1.29 is 17.7 Å². The lowest BCUT2D eigenvalue weighted by atomic mass is 9.88. The first-order valence-electron chi connectivity index (χ1n) is 10.0. The van der Waals surface area contributed by atoms with Crippen molar-refractivity contribution in [1.82, 2.24) is 15.0 Å². The van der Waals surface area contributed by atoms with Gasteiger partial charge in [-0.15, -0.1) is 0 Å². The van der Waals surface area contributed by atoms with E-state index in [2.05, 4.69) is 27.0 Å². The van der Waals surface area contributed by atoms with E-state index in [1.807, 2.05) is 17.0 Å². The van der Waals surface area contributed by atoms with E-state index in [9.17, 15) is 13.2 Å². The molecule has 0 spiro atoms. The number of nitrogens with one attached hydrogen (secondary N) is 1. The van der Waals surface area contributed by atoms with Gasteiger partial charge in [0.1, 0.15) is 0 Å². The van der Waals surface area contributed by atoms with Gasteiger partial charge in [-0.3, -0.25) is 9.52 Å². The zero-order valence-electron chi connectivity index (χ0n) is 17.4. The minimum absolute atomic E-state index is 0.0811. The zero-order chi connectivity index (χ0) is 22.0. The van der Waals surface area contributed by atoms with Crippen molar-refractivity contribution >= 4 is 21.6 Å². The van der Waals surface area contributed by atoms with Crippen molar-refractivity contribution in [2.45, 2.75) is 25.7 Å². The first kappa shape index (κ1) is 21.0. The molecule has 1 saturated heterocycles. The van der Waals surface area contributed by atoms with E-state index in [1.165, 1.54) is 12.0 Å². The summed E-state index contributed by atoms with van der Waals surface area (Å²) in [6.45, 7) is 3.11. The normalized spacial score (nSPS) is 15.1. The number of benzene rings is 2. The number of piperidine rings is 1. The van der Waals surface area contributed by atoms with Crippen molar-refractivity contribution in [2.24, 2.45) is 0 Å². The van der Waals surface area contributed by atoms with Crippen molar-refractivity contribution in [1.29, 1.82) is 0 Å². The maximum Gasteiger partial charge on any atom is 0.253 e. The van der Waals surface area contributed by atoms with Crippen LogP contribution in [0, 0.1) is 6.92 Å². The molecule has 8 nitrogen and oxygen atoms in total. The second kappa shape index (κ2) is 8.50. The van der Waals surface area contributed by atoms with Crippen LogP contribution in [0.1, 0.15) is 40.2 Å². The molecule has 0 bridgehead atoms. The average molecular weight is 441 g/mol. The van der Waals surface area contributed by atoms with E-state index in [1.54, 1.807) is 25.1 Å². The molecule has 0 atom stereocenters. The Morgan fingerprint density at radius 1 is 1.13 bits per heavy atom. The van der Waals surface area contributed by atoms with Crippen molar-refractivity contribution in [3.05, 3.63) is 65.5 Å². The largest absolute Gasteiger partial charge is 0.342 e. The molecule has 31 heavy (non-hydrogen) atoms. The summed E-state index contributed by atoms with van der Waals surface area (Å²) in [6, 6.07) is 13.3. The first-order chi connectivity index (χ1) is 14.8. The molecule has 1 N–H and O–H groups in total. The minimum atomic E-state index is -3.41. The van der Waals surface area contributed by atoms with Crippen LogP contribution in [0.25, 0.3) is 11.4 Å². The number of likely N-dealkylation sites (tertiary alicyclic amines) is 1. The number of hydrogen-bond donors (Lipinski definition) is 1. The van der Waals surface area contributed by atoms with Gasteiger partial charge in [0, 0.05) is 24.2 Å². The lowest BCUT2D eigenvalue weighted by molar-refractivity contribution is 0.0713. The maximum absolute atomic E-state index is 13.0. The number of amides is 1. The Labute approximate surface area is 181 Å². The number of rotatable bonds is 5. The summed E-state index contributed by atoms with van der Waals surface area (Å²) in [7, 11) is -3.41. The van der Waals surface area contributed by atoms with E-state index in [0.717, 1.165) is 30.2 Å². The molecule has 0 radical (unpaired) electrons. The van der Waals surface area contributed by atoms with Crippen molar-refractivity contribution in [3.63, 3.8) is 0 Å². The highest BCUT2D eigenvalue weighted by atomic mass is 32.2. The summed E-state index contributed by atoms with van der Waals surface area (Å²) in [5.41, 5.74) is 3.83. The minimum Gasteiger partial charge on any atom is -0.342 e. The molecule has 1 aliphatic rings. The van der Waals surface area contributed by atoms with E-state index < -0.39 is 10.0 Å². The topological polar surface area (TPSA) is 105 Å². The fraction of sp³-hybridized carbons (Fsp3) is 0.318. The molecular weight excluding hydrogens is 416 g/mol. The molecule has 162 valence electrons. The van der Waals surface area contributed by atoms with E-state index >= 15 is 0 Å². The van der Waals surface area contributed by atoms with E-state index in [4.69, 9.17) is 4.52 Å². The van der Waals surface area contributed by atoms with Crippen LogP contribution >= 0.6 is 0 Å². The predicted molar refractivity (Wildman–Crippen MR) is 117 cm³/mol. The number of carbonyl (C=O) groups is 1. The van der Waals surface area contributed by atoms with Gasteiger partial charge >= 0.3 is 0 Å². The van der Waals surface area contributed by atoms with E-state index in [-0.39, 0.29) is 5.91 Å². The predicted octanol–water partition coefficient (Wildman–Crippen LogP) is 3.44. The van der Waals surface area contributed by atoms with Crippen LogP contribution in [-0.4, -0.2) is 48.7 Å². The Morgan fingerprint density at radius 3 is 2.45 bits per heavy atom. The number of aromatic nitrogens is 2. The Morgan fingerprint density at radius 2 is 1.84 bits per heavy atom. The number of anilines is 1. The quantitative estimate of drug-likeness (QED) is 0.652. The SMILES string of the molecule is Cc1ccc(C(=O)N2CCC(c3ccc(-c4ncon4)cc3)CC2)cc1NS(C)(=O)=O. The highest BCUT2D eigenvalue weighted by Gasteiger charge is 2.25. The van der Waals surface area contributed by atoms with Gasteiger partial charge in [-0.1, -0.05) is 35.5 Å². The third kappa shape index (κ3) is 4.93. The van der Waals surface area contributed by atoms with Crippen molar-refractivity contribution in [2.75, 3.05) is 24.1 Å². The van der Waals surface area contributed by atoms with Gasteiger partial charge in [0.15, 0.2) is 0 Å². The third-order valence-corrected chi connectivity index (χ3v) is 6.15. The summed E-state index contributed by atoms with van der Waals surface area (Å²) >= 11 is 0. The van der Waals surface area contributed by atoms with Gasteiger partial charge in [-0.2, -0.15) is 4.98 Å². The van der Waals surface area contributed by atoms with Gasteiger partial charge < -0.3 is 9.42 Å². The number of carbonyl (C=O) groups excluding carboxylic acids is 1. The smallest absolute Gasteiger partial charge is 0.253 e. The number of sulfonamides is 1. The second-order valence-electron chi connectivity index (χ2n) is 7.85. The lowest BCUT2D eigenvalue weighted by Gasteiger charge is -2.32. The average Bonchev–Trinajstić information content (AvgIpc) is 3.29. The summed E-state index contributed by atoms with van der Waals surface area (Å²) in [5, 5.41) is 3.85. The molecule has 9 heteroatoms. The van der Waals surface area contributed by atoms with Crippen LogP contribution in [0.15, 0.2) is 53.4 Å².